The van der Waals surface area contributed by atoms with Gasteiger partial charge in [0.15, 0.2) is 17.5 Å². The second-order valence-corrected chi connectivity index (χ2v) is 8.52. The van der Waals surface area contributed by atoms with Gasteiger partial charge in [-0.1, -0.05) is 0 Å². The Labute approximate surface area is 222 Å². The number of fused-ring (bicyclic) bond motifs is 1. The second-order valence-electron chi connectivity index (χ2n) is 8.52. The highest BCUT2D eigenvalue weighted by Crippen LogP contribution is 2.33. The fourth-order valence-corrected chi connectivity index (χ4v) is 3.75. The molecule has 4 rings (SSSR count). The Kier molecular flexibility index (Phi) is 7.64. The van der Waals surface area contributed by atoms with E-state index < -0.39 is 87.1 Å². The molecule has 0 spiro atoms. The van der Waals surface area contributed by atoms with Crippen molar-refractivity contribution in [2.45, 2.75) is 31.9 Å². The molecule has 41 heavy (non-hydrogen) atoms. The lowest BCUT2D eigenvalue weighted by Gasteiger charge is -2.17. The van der Waals surface area contributed by atoms with Crippen LogP contribution in [-0.2, 0) is 18.9 Å². The fraction of sp³-hybridized carbons (Fsp3) is 0.208. The predicted molar refractivity (Wildman–Crippen MR) is 126 cm³/mol. The van der Waals surface area contributed by atoms with Crippen molar-refractivity contribution in [1.29, 1.82) is 0 Å². The van der Waals surface area contributed by atoms with Gasteiger partial charge >= 0.3 is 12.4 Å². The summed E-state index contributed by atoms with van der Waals surface area (Å²) in [4.78, 5) is 31.2. The molecule has 0 aliphatic heterocycles. The Hall–Kier alpha value is -4.70. The molecule has 2 N–H and O–H groups in total. The van der Waals surface area contributed by atoms with Gasteiger partial charge in [0.2, 0.25) is 0 Å². The Morgan fingerprint density at radius 3 is 2.32 bits per heavy atom. The second kappa shape index (κ2) is 10.7. The van der Waals surface area contributed by atoms with Gasteiger partial charge in [-0.2, -0.15) is 31.4 Å². The maximum absolute atomic E-state index is 14.9. The number of hydrogen-bond donors (Lipinski definition) is 2. The highest BCUT2D eigenvalue weighted by Gasteiger charge is 2.38. The molecular weight excluding hydrogens is 575 g/mol. The van der Waals surface area contributed by atoms with E-state index in [1.54, 1.807) is 5.10 Å². The van der Waals surface area contributed by atoms with Crippen LogP contribution in [0.1, 0.15) is 18.1 Å². The first kappa shape index (κ1) is 29.3. The number of rotatable bonds is 6. The summed E-state index contributed by atoms with van der Waals surface area (Å²) in [6.45, 7) is 0.563. The van der Waals surface area contributed by atoms with Crippen LogP contribution in [0.5, 0.6) is 0 Å². The van der Waals surface area contributed by atoms with Crippen LogP contribution in [-0.4, -0.2) is 30.8 Å². The van der Waals surface area contributed by atoms with Gasteiger partial charge in [-0.15, -0.1) is 0 Å². The molecule has 0 bridgehead atoms. The van der Waals surface area contributed by atoms with Crippen molar-refractivity contribution in [2.75, 3.05) is 5.32 Å². The van der Waals surface area contributed by atoms with Gasteiger partial charge in [-0.05, 0) is 30.5 Å². The van der Waals surface area contributed by atoms with Gasteiger partial charge in [0.25, 0.3) is 11.1 Å². The van der Waals surface area contributed by atoms with Crippen molar-refractivity contribution < 1.29 is 39.5 Å². The Morgan fingerprint density at radius 1 is 1.05 bits per heavy atom. The zero-order chi connectivity index (χ0) is 30.3. The highest BCUT2D eigenvalue weighted by atomic mass is 19.4. The average Bonchev–Trinajstić information content (AvgIpc) is 2.88. The van der Waals surface area contributed by atoms with Crippen LogP contribution in [0.4, 0.5) is 45.2 Å². The van der Waals surface area contributed by atoms with Crippen molar-refractivity contribution in [3.8, 4) is 11.4 Å². The molecule has 3 aromatic heterocycles. The average molecular weight is 590 g/mol. The summed E-state index contributed by atoms with van der Waals surface area (Å²) in [5.41, 5.74) is -6.92. The predicted octanol–water partition coefficient (Wildman–Crippen LogP) is 5.21. The van der Waals surface area contributed by atoms with Gasteiger partial charge in [0.1, 0.15) is 11.4 Å². The topological polar surface area (TPSA) is 106 Å². The van der Waals surface area contributed by atoms with Crippen molar-refractivity contribution in [3.63, 3.8) is 0 Å². The molecule has 4 aromatic rings. The number of halogens is 9. The smallest absolute Gasteiger partial charge is 0.374 e. The number of hydrogen-bond acceptors (Lipinski definition) is 6. The Morgan fingerprint density at radius 2 is 1.71 bits per heavy atom. The number of alkyl halides is 6. The first-order valence-electron chi connectivity index (χ1n) is 11.3. The minimum atomic E-state index is -5.07. The van der Waals surface area contributed by atoms with E-state index in [1.165, 1.54) is 0 Å². The minimum Gasteiger partial charge on any atom is -0.374 e. The summed E-state index contributed by atoms with van der Waals surface area (Å²) in [5.74, 6) is -4.90. The lowest BCUT2D eigenvalue weighted by molar-refractivity contribution is -0.139. The highest BCUT2D eigenvalue weighted by molar-refractivity contribution is 5.86. The van der Waals surface area contributed by atoms with E-state index in [4.69, 9.17) is 0 Å². The van der Waals surface area contributed by atoms with Crippen LogP contribution in [0.25, 0.3) is 22.2 Å². The number of H-pyrrole nitrogens is 1. The molecule has 0 amide bonds. The van der Waals surface area contributed by atoms with E-state index in [0.717, 1.165) is 35.9 Å². The number of anilines is 1. The van der Waals surface area contributed by atoms with E-state index in [1.807, 2.05) is 0 Å². The maximum Gasteiger partial charge on any atom is 0.423 e. The monoisotopic (exact) mass is 590 g/mol. The van der Waals surface area contributed by atoms with E-state index in [0.29, 0.717) is 18.6 Å². The molecular formula is C24H15F9N6O2. The van der Waals surface area contributed by atoms with Crippen LogP contribution < -0.4 is 16.4 Å². The van der Waals surface area contributed by atoms with Crippen LogP contribution in [0, 0.1) is 11.6 Å². The molecule has 8 nitrogen and oxygen atoms in total. The number of aromatic amines is 1. The molecule has 0 saturated heterocycles. The number of benzene rings is 1. The molecule has 0 saturated carbocycles. The standard InChI is InChI=1S/C24H15F9N6O2/c1-10(37-15-9-36-38-21(40)17(15)24(31,32)33)14(25)3-5-39-4-2-11-6-13(18(26)19(27)16(11)22(39)41)20-34-7-12(8-35-20)23(28,29)30/h2-4,6-10H,5H2,1H3,(H2,37,38,40)/b14-3-/t10-/m1/s1. The van der Waals surface area contributed by atoms with Crippen LogP contribution >= 0.6 is 0 Å². The Balaban J connectivity index is 1.62. The number of nitrogens with zero attached hydrogens (tertiary/aromatic N) is 4. The first-order chi connectivity index (χ1) is 19.1. The molecule has 0 aliphatic rings. The molecule has 17 heteroatoms. The maximum atomic E-state index is 14.9. The fourth-order valence-electron chi connectivity index (χ4n) is 3.75. The number of nitrogens with one attached hydrogen (secondary N) is 2. The van der Waals surface area contributed by atoms with E-state index in [-0.39, 0.29) is 5.39 Å². The summed E-state index contributed by atoms with van der Waals surface area (Å²) in [5, 5.41) is 6.13. The third-order valence-corrected chi connectivity index (χ3v) is 5.77. The van der Waals surface area contributed by atoms with E-state index >= 15 is 0 Å². The van der Waals surface area contributed by atoms with E-state index in [9.17, 15) is 49.1 Å². The van der Waals surface area contributed by atoms with Gasteiger partial charge in [-0.25, -0.2) is 28.2 Å². The summed E-state index contributed by atoms with van der Waals surface area (Å²) < 4.78 is 123. The van der Waals surface area contributed by atoms with Crippen molar-refractivity contribution in [3.05, 3.63) is 92.3 Å². The number of aromatic nitrogens is 5. The van der Waals surface area contributed by atoms with Gasteiger partial charge in [-0.3, -0.25) is 9.59 Å². The van der Waals surface area contributed by atoms with Crippen LogP contribution in [0.15, 0.2) is 58.4 Å². The lowest BCUT2D eigenvalue weighted by Crippen LogP contribution is -2.27. The van der Waals surface area contributed by atoms with Crippen LogP contribution in [0.3, 0.4) is 0 Å². The zero-order valence-corrected chi connectivity index (χ0v) is 20.3. The van der Waals surface area contributed by atoms with Crippen molar-refractivity contribution in [1.82, 2.24) is 24.7 Å². The summed E-state index contributed by atoms with van der Waals surface area (Å²) in [6, 6.07) is 0.673. The summed E-state index contributed by atoms with van der Waals surface area (Å²) in [7, 11) is 0. The summed E-state index contributed by atoms with van der Waals surface area (Å²) in [6.07, 6.45) is -6.55. The third-order valence-electron chi connectivity index (χ3n) is 5.77. The van der Waals surface area contributed by atoms with E-state index in [2.05, 4.69) is 20.4 Å². The number of allylic oxidation sites excluding steroid dienone is 1. The molecule has 216 valence electrons. The quantitative estimate of drug-likeness (QED) is 0.299. The van der Waals surface area contributed by atoms with Gasteiger partial charge in [0.05, 0.1) is 34.4 Å². The molecule has 1 atom stereocenters. The van der Waals surface area contributed by atoms with Crippen LogP contribution in [0.2, 0.25) is 0 Å². The lowest BCUT2D eigenvalue weighted by atomic mass is 10.1. The molecule has 1 aromatic carbocycles. The third kappa shape index (κ3) is 5.92. The molecule has 0 aliphatic carbocycles. The van der Waals surface area contributed by atoms with Crippen molar-refractivity contribution in [2.24, 2.45) is 0 Å². The normalized spacial score (nSPS) is 13.5. The Bertz CT molecular complexity index is 1760. The largest absolute Gasteiger partial charge is 0.423 e. The summed E-state index contributed by atoms with van der Waals surface area (Å²) >= 11 is 0. The van der Waals surface area contributed by atoms with Gasteiger partial charge in [0, 0.05) is 25.1 Å². The SMILES string of the molecule is C[C@@H](Nc1cn[nH]c(=O)c1C(F)(F)F)/C(F)=C/Cn1ccc2cc(-c3ncc(C(F)(F)F)cn3)c(F)c(F)c2c1=O. The molecule has 0 unspecified atom stereocenters. The van der Waals surface area contributed by atoms with Crippen molar-refractivity contribution >= 4 is 16.5 Å². The molecule has 3 heterocycles. The molecule has 0 fully saturated rings. The minimum absolute atomic E-state index is 0.162. The zero-order valence-electron chi connectivity index (χ0n) is 20.3. The van der Waals surface area contributed by atoms with Gasteiger partial charge < -0.3 is 9.88 Å². The first-order valence-corrected chi connectivity index (χ1v) is 11.3. The molecule has 0 radical (unpaired) electrons. The number of pyridine rings is 1.